The predicted molar refractivity (Wildman–Crippen MR) is 85.1 cm³/mol. The third-order valence-corrected chi connectivity index (χ3v) is 5.20. The second-order valence-corrected chi connectivity index (χ2v) is 6.75. The molecule has 3 aliphatic rings. The van der Waals surface area contributed by atoms with Gasteiger partial charge in [-0.25, -0.2) is 4.79 Å². The van der Waals surface area contributed by atoms with Crippen LogP contribution in [0.15, 0.2) is 24.3 Å². The van der Waals surface area contributed by atoms with Gasteiger partial charge in [0.2, 0.25) is 5.91 Å². The van der Waals surface area contributed by atoms with Crippen LogP contribution in [0.1, 0.15) is 52.8 Å². The fraction of sp³-hybridized carbons (Fsp3) is 0.444. The zero-order chi connectivity index (χ0) is 17.6. The maximum atomic E-state index is 12.4. The highest BCUT2D eigenvalue weighted by Crippen LogP contribution is 2.31. The molecule has 7 nitrogen and oxygen atoms in total. The van der Waals surface area contributed by atoms with E-state index in [1.54, 1.807) is 17.0 Å². The minimum Gasteiger partial charge on any atom is -0.339 e. The van der Waals surface area contributed by atoms with Crippen LogP contribution in [-0.2, 0) is 14.4 Å². The number of amides is 3. The van der Waals surface area contributed by atoms with Crippen molar-refractivity contribution in [2.24, 2.45) is 5.92 Å². The van der Waals surface area contributed by atoms with Gasteiger partial charge in [0.1, 0.15) is 0 Å². The summed E-state index contributed by atoms with van der Waals surface area (Å²) < 4.78 is 0. The molecule has 0 N–H and O–H groups in total. The standard InChI is InChI=1S/C18H18N2O5/c21-15-9-11(10-19(15)12-5-1-2-6-12)18(24)25-20-16(22)13-7-3-4-8-14(13)17(20)23/h3-4,7-8,11-12H,1-2,5-6,9-10H2. The Labute approximate surface area is 144 Å². The summed E-state index contributed by atoms with van der Waals surface area (Å²) in [4.78, 5) is 55.9. The van der Waals surface area contributed by atoms with Gasteiger partial charge in [0.15, 0.2) is 0 Å². The van der Waals surface area contributed by atoms with Crippen molar-refractivity contribution in [3.63, 3.8) is 0 Å². The highest BCUT2D eigenvalue weighted by Gasteiger charge is 2.43. The zero-order valence-corrected chi connectivity index (χ0v) is 13.6. The van der Waals surface area contributed by atoms with Gasteiger partial charge in [-0.05, 0) is 25.0 Å². The van der Waals surface area contributed by atoms with Gasteiger partial charge in [-0.3, -0.25) is 14.4 Å². The summed E-state index contributed by atoms with van der Waals surface area (Å²) in [5.41, 5.74) is 0.436. The molecule has 3 amide bonds. The van der Waals surface area contributed by atoms with Gasteiger partial charge in [0.25, 0.3) is 11.8 Å². The van der Waals surface area contributed by atoms with Crippen molar-refractivity contribution in [1.82, 2.24) is 9.96 Å². The molecule has 1 saturated carbocycles. The molecular formula is C18H18N2O5. The number of carbonyl (C=O) groups excluding carboxylic acids is 4. The van der Waals surface area contributed by atoms with Crippen molar-refractivity contribution in [3.8, 4) is 0 Å². The number of fused-ring (bicyclic) bond motifs is 1. The lowest BCUT2D eigenvalue weighted by Crippen LogP contribution is -2.37. The third-order valence-electron chi connectivity index (χ3n) is 5.20. The zero-order valence-electron chi connectivity index (χ0n) is 13.6. The number of imide groups is 1. The molecule has 1 aliphatic carbocycles. The van der Waals surface area contributed by atoms with Gasteiger partial charge >= 0.3 is 5.97 Å². The molecule has 0 radical (unpaired) electrons. The average molecular weight is 342 g/mol. The fourth-order valence-corrected chi connectivity index (χ4v) is 3.87. The lowest BCUT2D eigenvalue weighted by Gasteiger charge is -2.24. The van der Waals surface area contributed by atoms with Crippen molar-refractivity contribution in [2.45, 2.75) is 38.1 Å². The Morgan fingerprint density at radius 3 is 2.20 bits per heavy atom. The number of rotatable bonds is 3. The molecule has 1 atom stereocenters. The molecule has 1 saturated heterocycles. The summed E-state index contributed by atoms with van der Waals surface area (Å²) in [5.74, 6) is -2.70. The van der Waals surface area contributed by atoms with Gasteiger partial charge in [-0.15, -0.1) is 0 Å². The normalized spacial score (nSPS) is 23.5. The second-order valence-electron chi connectivity index (χ2n) is 6.75. The Hall–Kier alpha value is -2.70. The molecule has 1 aromatic rings. The summed E-state index contributed by atoms with van der Waals surface area (Å²) in [6.45, 7) is 0.297. The lowest BCUT2D eigenvalue weighted by atomic mass is 10.1. The molecule has 0 bridgehead atoms. The van der Waals surface area contributed by atoms with Gasteiger partial charge in [0, 0.05) is 19.0 Å². The van der Waals surface area contributed by atoms with E-state index in [4.69, 9.17) is 4.84 Å². The number of hydroxylamine groups is 2. The number of hydrogen-bond acceptors (Lipinski definition) is 5. The van der Waals surface area contributed by atoms with Crippen LogP contribution >= 0.6 is 0 Å². The van der Waals surface area contributed by atoms with E-state index in [-0.39, 0.29) is 29.5 Å². The van der Waals surface area contributed by atoms with E-state index in [2.05, 4.69) is 0 Å². The summed E-state index contributed by atoms with van der Waals surface area (Å²) in [6.07, 6.45) is 4.19. The van der Waals surface area contributed by atoms with Crippen molar-refractivity contribution < 1.29 is 24.0 Å². The SMILES string of the molecule is O=C(ON1C(=O)c2ccccc2C1=O)C1CC(=O)N(C2CCCC2)C1. The summed E-state index contributed by atoms with van der Waals surface area (Å²) in [6, 6.07) is 6.52. The molecule has 0 spiro atoms. The number of likely N-dealkylation sites (tertiary alicyclic amines) is 1. The Balaban J connectivity index is 1.44. The van der Waals surface area contributed by atoms with Crippen molar-refractivity contribution >= 4 is 23.7 Å². The van der Waals surface area contributed by atoms with E-state index in [1.807, 2.05) is 0 Å². The summed E-state index contributed by atoms with van der Waals surface area (Å²) in [7, 11) is 0. The first-order valence-corrected chi connectivity index (χ1v) is 8.55. The summed E-state index contributed by atoms with van der Waals surface area (Å²) >= 11 is 0. The molecule has 0 aromatic heterocycles. The van der Waals surface area contributed by atoms with Crippen LogP contribution in [0.4, 0.5) is 0 Å². The molecule has 1 aromatic carbocycles. The largest absolute Gasteiger partial charge is 0.339 e. The first-order chi connectivity index (χ1) is 12.1. The molecule has 130 valence electrons. The van der Waals surface area contributed by atoms with Crippen molar-refractivity contribution in [1.29, 1.82) is 0 Å². The third kappa shape index (κ3) is 2.59. The smallest absolute Gasteiger partial charge is 0.338 e. The number of hydrogen-bond donors (Lipinski definition) is 0. The highest BCUT2D eigenvalue weighted by atomic mass is 16.7. The molecule has 25 heavy (non-hydrogen) atoms. The van der Waals surface area contributed by atoms with Crippen LogP contribution in [0.25, 0.3) is 0 Å². The second kappa shape index (κ2) is 5.98. The van der Waals surface area contributed by atoms with Gasteiger partial charge in [0.05, 0.1) is 17.0 Å². The van der Waals surface area contributed by atoms with Crippen LogP contribution in [0.5, 0.6) is 0 Å². The van der Waals surface area contributed by atoms with E-state index >= 15 is 0 Å². The molecule has 2 aliphatic heterocycles. The fourth-order valence-electron chi connectivity index (χ4n) is 3.87. The van der Waals surface area contributed by atoms with E-state index in [1.165, 1.54) is 12.1 Å². The van der Waals surface area contributed by atoms with Crippen LogP contribution < -0.4 is 0 Å². The van der Waals surface area contributed by atoms with E-state index in [9.17, 15) is 19.2 Å². The van der Waals surface area contributed by atoms with E-state index in [0.717, 1.165) is 25.7 Å². The summed E-state index contributed by atoms with van der Waals surface area (Å²) in [5, 5.41) is 0.510. The first kappa shape index (κ1) is 15.8. The average Bonchev–Trinajstić information content (AvgIpc) is 3.31. The Morgan fingerprint density at radius 1 is 1.00 bits per heavy atom. The molecular weight excluding hydrogens is 324 g/mol. The molecule has 7 heteroatoms. The van der Waals surface area contributed by atoms with Crippen LogP contribution in [0.3, 0.4) is 0 Å². The maximum Gasteiger partial charge on any atom is 0.338 e. The van der Waals surface area contributed by atoms with Crippen LogP contribution in [0.2, 0.25) is 0 Å². The molecule has 1 unspecified atom stereocenters. The number of nitrogens with zero attached hydrogens (tertiary/aromatic N) is 2. The minimum absolute atomic E-state index is 0.0591. The monoisotopic (exact) mass is 342 g/mol. The quantitative estimate of drug-likeness (QED) is 0.778. The Morgan fingerprint density at radius 2 is 1.60 bits per heavy atom. The minimum atomic E-state index is -0.705. The van der Waals surface area contributed by atoms with Crippen molar-refractivity contribution in [2.75, 3.05) is 6.54 Å². The Bertz CT molecular complexity index is 733. The van der Waals surface area contributed by atoms with Crippen molar-refractivity contribution in [3.05, 3.63) is 35.4 Å². The van der Waals surface area contributed by atoms with E-state index < -0.39 is 23.7 Å². The number of carbonyl (C=O) groups is 4. The van der Waals surface area contributed by atoms with Crippen LogP contribution in [-0.4, -0.2) is 46.2 Å². The highest BCUT2D eigenvalue weighted by molar-refractivity contribution is 6.20. The molecule has 2 fully saturated rings. The van der Waals surface area contributed by atoms with Gasteiger partial charge < -0.3 is 9.74 Å². The predicted octanol–water partition coefficient (Wildman–Crippen LogP) is 1.53. The lowest BCUT2D eigenvalue weighted by molar-refractivity contribution is -0.173. The van der Waals surface area contributed by atoms with E-state index in [0.29, 0.717) is 11.6 Å². The first-order valence-electron chi connectivity index (χ1n) is 8.55. The molecule has 4 rings (SSSR count). The number of benzene rings is 1. The maximum absolute atomic E-state index is 12.4. The van der Waals surface area contributed by atoms with Gasteiger partial charge in [-0.1, -0.05) is 30.0 Å². The molecule has 2 heterocycles. The van der Waals surface area contributed by atoms with Gasteiger partial charge in [-0.2, -0.15) is 0 Å². The topological polar surface area (TPSA) is 84.0 Å². The Kier molecular flexibility index (Phi) is 3.78. The van der Waals surface area contributed by atoms with Crippen LogP contribution in [0, 0.1) is 5.92 Å².